The topological polar surface area (TPSA) is 56.5 Å². The molecule has 0 radical (unpaired) electrons. The fourth-order valence-electron chi connectivity index (χ4n) is 2.40. The van der Waals surface area contributed by atoms with E-state index in [1.54, 1.807) is 24.5 Å². The first-order valence-electron chi connectivity index (χ1n) is 7.51. The van der Waals surface area contributed by atoms with Crippen LogP contribution in [0.1, 0.15) is 5.56 Å². The maximum Gasteiger partial charge on any atom is 0.291 e. The highest BCUT2D eigenvalue weighted by molar-refractivity contribution is 7.15. The van der Waals surface area contributed by atoms with Gasteiger partial charge in [0.2, 0.25) is 4.96 Å². The van der Waals surface area contributed by atoms with Gasteiger partial charge in [0.1, 0.15) is 5.75 Å². The zero-order valence-electron chi connectivity index (χ0n) is 13.2. The van der Waals surface area contributed by atoms with Gasteiger partial charge in [-0.1, -0.05) is 47.8 Å². The maximum atomic E-state index is 12.5. The van der Waals surface area contributed by atoms with Crippen molar-refractivity contribution >= 4 is 39.8 Å². The van der Waals surface area contributed by atoms with Crippen LogP contribution in [0.2, 0.25) is 0 Å². The van der Waals surface area contributed by atoms with Crippen LogP contribution in [0.5, 0.6) is 5.75 Å². The van der Waals surface area contributed by atoms with Crippen LogP contribution in [0.25, 0.3) is 27.8 Å². The van der Waals surface area contributed by atoms with Crippen LogP contribution in [-0.4, -0.2) is 21.7 Å². The second-order valence-electron chi connectivity index (χ2n) is 5.15. The van der Waals surface area contributed by atoms with Gasteiger partial charge in [-0.15, -0.1) is 16.4 Å². The monoisotopic (exact) mass is 367 g/mol. The number of fused-ring (bicyclic) bond motifs is 1. The van der Waals surface area contributed by atoms with Crippen molar-refractivity contribution in [2.75, 3.05) is 7.11 Å². The third-order valence-electron chi connectivity index (χ3n) is 3.59. The minimum absolute atomic E-state index is 0.153. The van der Waals surface area contributed by atoms with Crippen LogP contribution in [0, 0.1) is 0 Å². The van der Waals surface area contributed by atoms with Gasteiger partial charge >= 0.3 is 0 Å². The Hall–Kier alpha value is -2.77. The standard InChI is InChI=1S/C18H13N3O2S2/c1-23-13-8-3-2-6-12(13)7-4-9-15-17(22)21-18(25-15)19-16(20-21)14-10-5-11-24-14/h2-11H,1H3/b7-4+,15-9+. The highest BCUT2D eigenvalue weighted by atomic mass is 32.1. The van der Waals surface area contributed by atoms with E-state index in [0.29, 0.717) is 15.3 Å². The summed E-state index contributed by atoms with van der Waals surface area (Å²) < 4.78 is 7.27. The molecular formula is C18H13N3O2S2. The number of hydrogen-bond acceptors (Lipinski definition) is 6. The summed E-state index contributed by atoms with van der Waals surface area (Å²) in [6.45, 7) is 0. The summed E-state index contributed by atoms with van der Waals surface area (Å²) in [7, 11) is 1.64. The molecule has 0 spiro atoms. The fourth-order valence-corrected chi connectivity index (χ4v) is 3.91. The van der Waals surface area contributed by atoms with Gasteiger partial charge in [0.25, 0.3) is 5.56 Å². The van der Waals surface area contributed by atoms with Gasteiger partial charge < -0.3 is 4.74 Å². The molecule has 25 heavy (non-hydrogen) atoms. The van der Waals surface area contributed by atoms with Gasteiger partial charge in [-0.05, 0) is 23.6 Å². The summed E-state index contributed by atoms with van der Waals surface area (Å²) in [5.74, 6) is 1.38. The van der Waals surface area contributed by atoms with Gasteiger partial charge in [0.05, 0.1) is 16.5 Å². The van der Waals surface area contributed by atoms with E-state index >= 15 is 0 Å². The van der Waals surface area contributed by atoms with Gasteiger partial charge in [0, 0.05) is 5.56 Å². The third kappa shape index (κ3) is 2.99. The Bertz CT molecular complexity index is 1160. The van der Waals surface area contributed by atoms with Crippen LogP contribution >= 0.6 is 22.7 Å². The third-order valence-corrected chi connectivity index (χ3v) is 5.43. The van der Waals surface area contributed by atoms with E-state index < -0.39 is 0 Å². The first kappa shape index (κ1) is 15.7. The number of thiazole rings is 1. The van der Waals surface area contributed by atoms with E-state index in [1.807, 2.05) is 53.9 Å². The Morgan fingerprint density at radius 3 is 2.84 bits per heavy atom. The van der Waals surface area contributed by atoms with Gasteiger partial charge in [0.15, 0.2) is 5.82 Å². The van der Waals surface area contributed by atoms with Crippen LogP contribution < -0.4 is 14.8 Å². The fraction of sp³-hybridized carbons (Fsp3) is 0.0556. The largest absolute Gasteiger partial charge is 0.496 e. The van der Waals surface area contributed by atoms with Crippen LogP contribution in [-0.2, 0) is 0 Å². The molecule has 3 heterocycles. The molecule has 3 aromatic heterocycles. The first-order chi connectivity index (χ1) is 12.3. The molecule has 0 atom stereocenters. The molecule has 1 aromatic carbocycles. The van der Waals surface area contributed by atoms with Crippen molar-refractivity contribution < 1.29 is 4.74 Å². The van der Waals surface area contributed by atoms with Crippen molar-refractivity contribution in [3.8, 4) is 16.5 Å². The second-order valence-corrected chi connectivity index (χ2v) is 7.10. The number of hydrogen-bond donors (Lipinski definition) is 0. The number of ether oxygens (including phenoxy) is 1. The van der Waals surface area contributed by atoms with Crippen molar-refractivity contribution in [3.63, 3.8) is 0 Å². The van der Waals surface area contributed by atoms with E-state index in [-0.39, 0.29) is 5.56 Å². The van der Waals surface area contributed by atoms with E-state index in [1.165, 1.54) is 15.9 Å². The van der Waals surface area contributed by atoms with Crippen LogP contribution in [0.3, 0.4) is 0 Å². The van der Waals surface area contributed by atoms with Crippen molar-refractivity contribution in [1.82, 2.24) is 14.6 Å². The number of methoxy groups -OCH3 is 1. The van der Waals surface area contributed by atoms with E-state index in [2.05, 4.69) is 10.1 Å². The van der Waals surface area contributed by atoms with Crippen molar-refractivity contribution in [1.29, 1.82) is 0 Å². The molecule has 4 aromatic rings. The number of allylic oxidation sites excluding steroid dienone is 1. The normalized spacial score (nSPS) is 12.4. The number of para-hydroxylation sites is 1. The molecule has 0 saturated carbocycles. The molecule has 0 aliphatic carbocycles. The number of nitrogens with zero attached hydrogens (tertiary/aromatic N) is 3. The molecule has 0 amide bonds. The zero-order valence-corrected chi connectivity index (χ0v) is 14.9. The lowest BCUT2D eigenvalue weighted by molar-refractivity contribution is 0.414. The predicted octanol–water partition coefficient (Wildman–Crippen LogP) is 3.10. The summed E-state index contributed by atoms with van der Waals surface area (Å²) >= 11 is 2.88. The maximum absolute atomic E-state index is 12.5. The van der Waals surface area contributed by atoms with E-state index in [4.69, 9.17) is 4.74 Å². The molecule has 0 saturated heterocycles. The molecule has 0 N–H and O–H groups in total. The number of aromatic nitrogens is 3. The highest BCUT2D eigenvalue weighted by Crippen LogP contribution is 2.21. The summed E-state index contributed by atoms with van der Waals surface area (Å²) in [6.07, 6.45) is 5.52. The average molecular weight is 367 g/mol. The number of benzene rings is 1. The van der Waals surface area contributed by atoms with E-state index in [0.717, 1.165) is 16.2 Å². The quantitative estimate of drug-likeness (QED) is 0.556. The van der Waals surface area contributed by atoms with Crippen molar-refractivity contribution in [2.24, 2.45) is 0 Å². The SMILES string of the molecule is COc1ccccc1/C=C/C=c1/sc2nc(-c3cccs3)nn2c1=O. The molecule has 4 rings (SSSR count). The highest BCUT2D eigenvalue weighted by Gasteiger charge is 2.11. The summed E-state index contributed by atoms with van der Waals surface area (Å²) in [6, 6.07) is 11.6. The average Bonchev–Trinajstić information content (AvgIpc) is 3.34. The van der Waals surface area contributed by atoms with Crippen LogP contribution in [0.4, 0.5) is 0 Å². The lowest BCUT2D eigenvalue weighted by atomic mass is 10.2. The Kier molecular flexibility index (Phi) is 4.17. The summed E-state index contributed by atoms with van der Waals surface area (Å²) in [4.78, 5) is 18.5. The van der Waals surface area contributed by atoms with Crippen molar-refractivity contribution in [2.45, 2.75) is 0 Å². The zero-order chi connectivity index (χ0) is 17.2. The molecule has 5 nitrogen and oxygen atoms in total. The minimum atomic E-state index is -0.153. The van der Waals surface area contributed by atoms with Crippen molar-refractivity contribution in [3.05, 3.63) is 68.3 Å². The Balaban J connectivity index is 1.69. The van der Waals surface area contributed by atoms with Gasteiger partial charge in [-0.3, -0.25) is 4.79 Å². The lowest BCUT2D eigenvalue weighted by Gasteiger charge is -2.02. The lowest BCUT2D eigenvalue weighted by Crippen LogP contribution is -2.23. The molecular weight excluding hydrogens is 354 g/mol. The first-order valence-corrected chi connectivity index (χ1v) is 9.21. The predicted molar refractivity (Wildman–Crippen MR) is 102 cm³/mol. The number of rotatable bonds is 4. The smallest absolute Gasteiger partial charge is 0.291 e. The molecule has 124 valence electrons. The summed E-state index contributed by atoms with van der Waals surface area (Å²) in [5.41, 5.74) is 0.799. The Morgan fingerprint density at radius 2 is 2.08 bits per heavy atom. The van der Waals surface area contributed by atoms with E-state index in [9.17, 15) is 4.79 Å². The van der Waals surface area contributed by atoms with Gasteiger partial charge in [-0.25, -0.2) is 0 Å². The number of thiophene rings is 1. The Labute approximate surface area is 151 Å². The molecule has 0 aliphatic heterocycles. The van der Waals surface area contributed by atoms with Crippen LogP contribution in [0.15, 0.2) is 52.6 Å². The summed E-state index contributed by atoms with van der Waals surface area (Å²) in [5, 5.41) is 6.28. The van der Waals surface area contributed by atoms with Gasteiger partial charge in [-0.2, -0.15) is 9.50 Å². The second kappa shape index (κ2) is 6.62. The molecule has 0 bridgehead atoms. The molecule has 0 fully saturated rings. The molecule has 0 unspecified atom stereocenters. The minimum Gasteiger partial charge on any atom is -0.496 e. The molecule has 7 heteroatoms. The Morgan fingerprint density at radius 1 is 1.20 bits per heavy atom. The molecule has 0 aliphatic rings.